The third-order valence-corrected chi connectivity index (χ3v) is 3.49. The number of hydrogen-bond donors (Lipinski definition) is 2. The normalized spacial score (nSPS) is 15.8. The van der Waals surface area contributed by atoms with Gasteiger partial charge in [0.2, 0.25) is 0 Å². The molecule has 0 unspecified atom stereocenters. The Morgan fingerprint density at radius 2 is 1.67 bits per heavy atom. The number of nitrogens with zero attached hydrogens (tertiary/aromatic N) is 4. The molecule has 114 valence electrons. The molecular formula is C11H16N6O4. The summed E-state index contributed by atoms with van der Waals surface area (Å²) in [6.45, 7) is 2.75. The molecule has 1 heterocycles. The molecule has 3 N–H and O–H groups in total. The van der Waals surface area contributed by atoms with Crippen molar-refractivity contribution in [1.29, 1.82) is 0 Å². The molecule has 0 amide bonds. The lowest BCUT2D eigenvalue weighted by molar-refractivity contribution is -0.393. The molecule has 0 radical (unpaired) electrons. The molecular weight excluding hydrogens is 280 g/mol. The molecule has 1 aromatic carbocycles. The van der Waals surface area contributed by atoms with Gasteiger partial charge in [0.25, 0.3) is 5.69 Å². The largest absolute Gasteiger partial charge is 0.363 e. The first-order chi connectivity index (χ1) is 9.93. The number of nitro groups is 2. The summed E-state index contributed by atoms with van der Waals surface area (Å²) < 4.78 is 0. The van der Waals surface area contributed by atoms with Gasteiger partial charge in [0, 0.05) is 32.2 Å². The molecule has 0 aromatic heterocycles. The smallest absolute Gasteiger partial charge is 0.300 e. The molecule has 1 aliphatic heterocycles. The third-order valence-electron chi connectivity index (χ3n) is 3.49. The maximum Gasteiger partial charge on any atom is 0.300 e. The lowest BCUT2D eigenvalue weighted by atomic mass is 10.1. The summed E-state index contributed by atoms with van der Waals surface area (Å²) in [5, 5.41) is 22.2. The lowest BCUT2D eigenvalue weighted by Crippen LogP contribution is -2.44. The van der Waals surface area contributed by atoms with E-state index >= 15 is 0 Å². The van der Waals surface area contributed by atoms with Crippen LogP contribution in [0.1, 0.15) is 0 Å². The predicted molar refractivity (Wildman–Crippen MR) is 77.3 cm³/mol. The molecule has 1 aliphatic rings. The Morgan fingerprint density at radius 3 is 2.14 bits per heavy atom. The van der Waals surface area contributed by atoms with Crippen LogP contribution in [0.4, 0.5) is 22.7 Å². The SMILES string of the molecule is CN1CCN(c2cc(NN)c([N+](=O)[O-])cc2[N+](=O)[O-])CC1. The van der Waals surface area contributed by atoms with E-state index in [1.54, 1.807) is 0 Å². The number of likely N-dealkylation sites (N-methyl/N-ethyl adjacent to an activating group) is 1. The van der Waals surface area contributed by atoms with E-state index in [9.17, 15) is 20.2 Å². The van der Waals surface area contributed by atoms with E-state index in [-0.39, 0.29) is 11.4 Å². The van der Waals surface area contributed by atoms with Crippen molar-refractivity contribution in [3.8, 4) is 0 Å². The quantitative estimate of drug-likeness (QED) is 0.467. The summed E-state index contributed by atoms with van der Waals surface area (Å²) in [5.41, 5.74) is 1.92. The van der Waals surface area contributed by atoms with E-state index in [1.807, 2.05) is 11.9 Å². The van der Waals surface area contributed by atoms with E-state index < -0.39 is 15.5 Å². The van der Waals surface area contributed by atoms with Gasteiger partial charge in [-0.2, -0.15) is 0 Å². The average molecular weight is 296 g/mol. The number of hydrazine groups is 1. The van der Waals surface area contributed by atoms with Gasteiger partial charge in [-0.25, -0.2) is 0 Å². The second kappa shape index (κ2) is 5.89. The monoisotopic (exact) mass is 296 g/mol. The van der Waals surface area contributed by atoms with Crippen molar-refractivity contribution in [1.82, 2.24) is 4.90 Å². The Balaban J connectivity index is 2.48. The van der Waals surface area contributed by atoms with Gasteiger partial charge >= 0.3 is 5.69 Å². The number of anilines is 2. The Morgan fingerprint density at radius 1 is 1.10 bits per heavy atom. The summed E-state index contributed by atoms with van der Waals surface area (Å²) in [6, 6.07) is 2.31. The molecule has 1 aromatic rings. The van der Waals surface area contributed by atoms with Crippen LogP contribution >= 0.6 is 0 Å². The molecule has 0 saturated carbocycles. The van der Waals surface area contributed by atoms with E-state index in [4.69, 9.17) is 5.84 Å². The van der Waals surface area contributed by atoms with Gasteiger partial charge < -0.3 is 15.2 Å². The second-order valence-corrected chi connectivity index (χ2v) is 4.81. The van der Waals surface area contributed by atoms with E-state index in [0.29, 0.717) is 18.8 Å². The van der Waals surface area contributed by atoms with Crippen molar-refractivity contribution in [3.63, 3.8) is 0 Å². The van der Waals surface area contributed by atoms with Crippen molar-refractivity contribution in [2.45, 2.75) is 0 Å². The fraction of sp³-hybridized carbons (Fsp3) is 0.455. The summed E-state index contributed by atoms with van der Waals surface area (Å²) in [4.78, 5) is 24.8. The van der Waals surface area contributed by atoms with Crippen LogP contribution in [0.2, 0.25) is 0 Å². The van der Waals surface area contributed by atoms with Crippen LogP contribution in [0.25, 0.3) is 0 Å². The van der Waals surface area contributed by atoms with Crippen LogP contribution in [0.5, 0.6) is 0 Å². The van der Waals surface area contributed by atoms with Crippen LogP contribution in [0, 0.1) is 20.2 Å². The van der Waals surface area contributed by atoms with Crippen molar-refractivity contribution in [3.05, 3.63) is 32.4 Å². The highest BCUT2D eigenvalue weighted by molar-refractivity contribution is 5.77. The van der Waals surface area contributed by atoms with Gasteiger partial charge in [-0.3, -0.25) is 26.1 Å². The van der Waals surface area contributed by atoms with Gasteiger partial charge in [0.05, 0.1) is 15.9 Å². The van der Waals surface area contributed by atoms with Gasteiger partial charge in [0.1, 0.15) is 11.4 Å². The van der Waals surface area contributed by atoms with Crippen molar-refractivity contribution in [2.24, 2.45) is 5.84 Å². The van der Waals surface area contributed by atoms with Gasteiger partial charge in [-0.15, -0.1) is 0 Å². The molecule has 1 fully saturated rings. The fourth-order valence-electron chi connectivity index (χ4n) is 2.28. The zero-order chi connectivity index (χ0) is 15.6. The van der Waals surface area contributed by atoms with Crippen molar-refractivity contribution < 1.29 is 9.85 Å². The van der Waals surface area contributed by atoms with Crippen LogP contribution in [-0.4, -0.2) is 48.0 Å². The Hall–Kier alpha value is -2.46. The zero-order valence-electron chi connectivity index (χ0n) is 11.5. The van der Waals surface area contributed by atoms with E-state index in [1.165, 1.54) is 6.07 Å². The maximum atomic E-state index is 11.2. The zero-order valence-corrected chi connectivity index (χ0v) is 11.5. The van der Waals surface area contributed by atoms with Gasteiger partial charge in [0.15, 0.2) is 0 Å². The van der Waals surface area contributed by atoms with Crippen LogP contribution in [0.15, 0.2) is 12.1 Å². The first kappa shape index (κ1) is 14.9. The molecule has 0 spiro atoms. The average Bonchev–Trinajstić information content (AvgIpc) is 2.46. The summed E-state index contributed by atoms with van der Waals surface area (Å²) in [5.74, 6) is 5.28. The highest BCUT2D eigenvalue weighted by Gasteiger charge is 2.28. The topological polar surface area (TPSA) is 131 Å². The second-order valence-electron chi connectivity index (χ2n) is 4.81. The Labute approximate surface area is 120 Å². The number of nitrogen functional groups attached to an aromatic ring is 1. The highest BCUT2D eigenvalue weighted by atomic mass is 16.6. The maximum absolute atomic E-state index is 11.2. The minimum atomic E-state index is -0.698. The fourth-order valence-corrected chi connectivity index (χ4v) is 2.28. The van der Waals surface area contributed by atoms with Crippen LogP contribution in [0.3, 0.4) is 0 Å². The van der Waals surface area contributed by atoms with Gasteiger partial charge in [-0.05, 0) is 7.05 Å². The number of hydrogen-bond acceptors (Lipinski definition) is 8. The molecule has 0 aliphatic carbocycles. The number of piperazine rings is 1. The summed E-state index contributed by atoms with van der Waals surface area (Å²) in [6.07, 6.45) is 0. The predicted octanol–water partition coefficient (Wildman–Crippen LogP) is 0.540. The molecule has 0 atom stereocenters. The summed E-state index contributed by atoms with van der Waals surface area (Å²) in [7, 11) is 1.97. The summed E-state index contributed by atoms with van der Waals surface area (Å²) >= 11 is 0. The van der Waals surface area contributed by atoms with Gasteiger partial charge in [-0.1, -0.05) is 0 Å². The first-order valence-corrected chi connectivity index (χ1v) is 6.31. The van der Waals surface area contributed by atoms with Crippen molar-refractivity contribution in [2.75, 3.05) is 43.6 Å². The number of nitro benzene ring substituents is 2. The third kappa shape index (κ3) is 3.01. The number of rotatable bonds is 4. The van der Waals surface area contributed by atoms with Crippen LogP contribution in [-0.2, 0) is 0 Å². The standard InChI is InChI=1S/C11H16N6O4/c1-14-2-4-15(5-3-14)10-6-8(13-12)9(16(18)19)7-11(10)17(20)21/h6-7,13H,2-5,12H2,1H3. The van der Waals surface area contributed by atoms with E-state index in [2.05, 4.69) is 10.3 Å². The number of benzene rings is 1. The van der Waals surface area contributed by atoms with E-state index in [0.717, 1.165) is 19.2 Å². The molecule has 0 bridgehead atoms. The minimum Gasteiger partial charge on any atom is -0.363 e. The number of nitrogens with one attached hydrogen (secondary N) is 1. The molecule has 10 heteroatoms. The number of nitrogens with two attached hydrogens (primary N) is 1. The Kier molecular flexibility index (Phi) is 4.19. The highest BCUT2D eigenvalue weighted by Crippen LogP contribution is 2.37. The lowest BCUT2D eigenvalue weighted by Gasteiger charge is -2.33. The molecule has 1 saturated heterocycles. The molecule has 2 rings (SSSR count). The first-order valence-electron chi connectivity index (χ1n) is 6.31. The van der Waals surface area contributed by atoms with Crippen LogP contribution < -0.4 is 16.2 Å². The Bertz CT molecular complexity index is 570. The van der Waals surface area contributed by atoms with Crippen molar-refractivity contribution >= 4 is 22.7 Å². The molecule has 21 heavy (non-hydrogen) atoms. The molecule has 10 nitrogen and oxygen atoms in total. The minimum absolute atomic E-state index is 0.0551.